The summed E-state index contributed by atoms with van der Waals surface area (Å²) in [7, 11) is 5.75. The molecule has 2 aromatic heterocycles. The van der Waals surface area contributed by atoms with Crippen molar-refractivity contribution in [2.45, 2.75) is 150 Å². The topological polar surface area (TPSA) is 273 Å². The van der Waals surface area contributed by atoms with Crippen molar-refractivity contribution < 1.29 is 104 Å². The minimum Gasteiger partial charge on any atom is -0.469 e. The van der Waals surface area contributed by atoms with Gasteiger partial charge in [0.2, 0.25) is 23.6 Å². The van der Waals surface area contributed by atoms with Crippen LogP contribution in [0.1, 0.15) is 129 Å². The minimum atomic E-state index is -0.695. The van der Waals surface area contributed by atoms with Crippen LogP contribution in [-0.2, 0) is 125 Å². The second kappa shape index (κ2) is 44.1. The molecule has 23 heteroatoms. The fraction of sp³-hybridized carbons (Fsp3) is 0.413. The number of allylic oxidation sites excluding steroid dienone is 3. The summed E-state index contributed by atoms with van der Waals surface area (Å²) in [6, 6.07) is 49.6. The van der Waals surface area contributed by atoms with Gasteiger partial charge < -0.3 is 56.2 Å². The number of methoxy groups -OCH3 is 4. The Morgan fingerprint density at radius 3 is 1.29 bits per heavy atom. The molecule has 22 nitrogen and oxygen atoms in total. The third-order valence-electron chi connectivity index (χ3n) is 19.3. The number of carbonyl (C=O) groups excluding carboxylic acids is 6. The molecule has 8 unspecified atom stereocenters. The van der Waals surface area contributed by atoms with Crippen LogP contribution in [0.25, 0.3) is 56.9 Å². The summed E-state index contributed by atoms with van der Waals surface area (Å²) in [5.74, 6) is -2.17. The normalized spacial score (nSPS) is 16.9. The van der Waals surface area contributed by atoms with Crippen molar-refractivity contribution in [3.05, 3.63) is 228 Å². The first kappa shape index (κ1) is 92.0. The van der Waals surface area contributed by atoms with E-state index in [4.69, 9.17) is 51.5 Å². The second-order valence-corrected chi connectivity index (χ2v) is 31.4. The molecule has 0 aliphatic heterocycles. The number of aromatic nitrogens is 4. The van der Waals surface area contributed by atoms with Gasteiger partial charge in [-0.05, 0) is 154 Å². The standard InChI is InChI=1S/C47H58N2O9.C35H40N2O5.C10H12O4.V/c1-30-10-13-37(42(56-31(2)50)41(30)45(52)54-9)26-47(6,7)27-40(51)57-39(28-53-8)29-55-25-24-32-11-14-33(15-12-32)34-16-18-35(19-17-34)43-48-49-44(58-43)36-20-22-38(23-21-36)46(3,4)5;1-24(2)34(38)41-31(22-39-6)23-40-20-19-25-7-9-26(10-8-25)21-27-11-13-28(14-12-27)32-36-37-33(42-32)29-15-17-30(18-16-29)35(3,4)5;1-7(11)14-9-6-4-3-5-8(9)10(12)13-2;/h10-23,30,37,39,41-42H,24-29H2,1-9H3;7-18,31H,1,19-23H2,2-6H3;3-6,8-9H,1-2H3;. The zero-order valence-electron chi connectivity index (χ0n) is 69.0. The first-order chi connectivity index (χ1) is 54.3. The summed E-state index contributed by atoms with van der Waals surface area (Å²) in [5.41, 5.74) is 12.9. The Labute approximate surface area is 688 Å². The molecule has 611 valence electrons. The van der Waals surface area contributed by atoms with Crippen LogP contribution in [0.2, 0.25) is 0 Å². The minimum absolute atomic E-state index is 0. The van der Waals surface area contributed by atoms with E-state index in [1.807, 2.05) is 93.6 Å². The van der Waals surface area contributed by atoms with Crippen LogP contribution >= 0.6 is 0 Å². The van der Waals surface area contributed by atoms with Crippen LogP contribution in [0.3, 0.4) is 0 Å². The van der Waals surface area contributed by atoms with E-state index in [1.165, 1.54) is 55.9 Å². The monoisotopic (exact) mass is 1610 g/mol. The average Bonchev–Trinajstić information content (AvgIpc) is 1.79. The number of hydrogen-bond acceptors (Lipinski definition) is 22. The summed E-state index contributed by atoms with van der Waals surface area (Å²) in [5, 5.41) is 17.1. The van der Waals surface area contributed by atoms with Crippen molar-refractivity contribution in [1.29, 1.82) is 0 Å². The average molecular weight is 1610 g/mol. The number of carbonyl (C=O) groups is 6. The van der Waals surface area contributed by atoms with Crippen molar-refractivity contribution in [1.82, 2.24) is 20.4 Å². The molecule has 2 aliphatic rings. The first-order valence-corrected chi connectivity index (χ1v) is 38.3. The number of benzene rings is 6. The summed E-state index contributed by atoms with van der Waals surface area (Å²) < 4.78 is 65.5. The van der Waals surface area contributed by atoms with Crippen LogP contribution < -0.4 is 0 Å². The number of hydrogen-bond donors (Lipinski definition) is 0. The van der Waals surface area contributed by atoms with Crippen molar-refractivity contribution in [2.75, 3.05) is 68.1 Å². The Bertz CT molecular complexity index is 4530. The number of rotatable bonds is 32. The van der Waals surface area contributed by atoms with Crippen LogP contribution in [-0.4, -0.2) is 149 Å². The van der Waals surface area contributed by atoms with Crippen molar-refractivity contribution in [3.8, 4) is 56.9 Å². The van der Waals surface area contributed by atoms with Gasteiger partial charge in [-0.1, -0.05) is 196 Å². The predicted molar refractivity (Wildman–Crippen MR) is 435 cm³/mol. The van der Waals surface area contributed by atoms with Crippen molar-refractivity contribution >= 4 is 35.8 Å². The van der Waals surface area contributed by atoms with E-state index in [9.17, 15) is 28.8 Å². The van der Waals surface area contributed by atoms with E-state index in [0.29, 0.717) is 55.2 Å². The zero-order chi connectivity index (χ0) is 82.7. The molecule has 2 aliphatic carbocycles. The van der Waals surface area contributed by atoms with E-state index in [-0.39, 0.29) is 80.0 Å². The summed E-state index contributed by atoms with van der Waals surface area (Å²) >= 11 is 0. The van der Waals surface area contributed by atoms with Gasteiger partial charge in [-0.25, -0.2) is 4.79 Å². The molecule has 0 spiro atoms. The van der Waals surface area contributed by atoms with Crippen molar-refractivity contribution in [3.63, 3.8) is 0 Å². The Balaban J connectivity index is 0.000000279. The predicted octanol–water partition coefficient (Wildman–Crippen LogP) is 16.7. The third kappa shape index (κ3) is 28.6. The first-order valence-electron chi connectivity index (χ1n) is 38.3. The van der Waals surface area contributed by atoms with Gasteiger partial charge in [0.05, 0.1) is 60.3 Å². The van der Waals surface area contributed by atoms with E-state index in [1.54, 1.807) is 45.4 Å². The molecule has 8 aromatic rings. The molecule has 8 atom stereocenters. The maximum absolute atomic E-state index is 13.2. The van der Waals surface area contributed by atoms with Gasteiger partial charge in [-0.2, -0.15) is 0 Å². The Morgan fingerprint density at radius 2 is 0.861 bits per heavy atom. The molecule has 0 saturated carbocycles. The molecule has 10 rings (SSSR count). The number of nitrogens with zero attached hydrogens (tertiary/aromatic N) is 4. The molecule has 6 aromatic carbocycles. The van der Waals surface area contributed by atoms with Crippen LogP contribution in [0.5, 0.6) is 0 Å². The molecule has 0 bridgehead atoms. The van der Waals surface area contributed by atoms with E-state index >= 15 is 0 Å². The number of esters is 6. The summed E-state index contributed by atoms with van der Waals surface area (Å²) in [6.07, 6.45) is 11.3. The SMILES string of the molecule is C=C(C)C(=O)OC(COC)COCCc1ccc(Cc2ccc(-c3nnc(-c4ccc(C(C)(C)C)cc4)o3)cc2)cc1.COC(=O)C1C=CC=CC1OC(C)=O.COCC(COCCc1ccc(-c2ccc(-c3nnc(-c4ccc(C(C)(C)C)cc4)o3)cc2)cc1)OC(=O)CC(C)(C)CC1C=CC(C)C(C(=O)OC)C1OC(C)=O.[V]. The molecule has 0 N–H and O–H groups in total. The van der Waals surface area contributed by atoms with E-state index in [2.05, 4.69) is 158 Å². The molecular formula is C92H110N4O18V. The van der Waals surface area contributed by atoms with Gasteiger partial charge in [-0.3, -0.25) is 24.0 Å². The molecule has 0 saturated heterocycles. The van der Waals surface area contributed by atoms with Crippen LogP contribution in [0.4, 0.5) is 0 Å². The number of ether oxygens (including phenoxy) is 10. The molecule has 2 heterocycles. The molecular weight excluding hydrogens is 1500 g/mol. The van der Waals surface area contributed by atoms with Crippen LogP contribution in [0, 0.1) is 29.1 Å². The maximum Gasteiger partial charge on any atom is 0.333 e. The van der Waals surface area contributed by atoms with Gasteiger partial charge in [0.25, 0.3) is 0 Å². The third-order valence-corrected chi connectivity index (χ3v) is 19.3. The van der Waals surface area contributed by atoms with Gasteiger partial charge >= 0.3 is 35.8 Å². The Morgan fingerprint density at radius 1 is 0.470 bits per heavy atom. The second-order valence-electron chi connectivity index (χ2n) is 31.4. The fourth-order valence-electron chi connectivity index (χ4n) is 13.0. The fourth-order valence-corrected chi connectivity index (χ4v) is 13.0. The molecule has 0 amide bonds. The van der Waals surface area contributed by atoms with Gasteiger partial charge in [0.15, 0.2) is 0 Å². The van der Waals surface area contributed by atoms with E-state index in [0.717, 1.165) is 51.8 Å². The van der Waals surface area contributed by atoms with E-state index < -0.39 is 71.5 Å². The van der Waals surface area contributed by atoms with Gasteiger partial charge in [0, 0.05) is 80.4 Å². The largest absolute Gasteiger partial charge is 0.469 e. The van der Waals surface area contributed by atoms with Gasteiger partial charge in [0.1, 0.15) is 36.3 Å². The molecule has 115 heavy (non-hydrogen) atoms. The Kier molecular flexibility index (Phi) is 35.2. The smallest absolute Gasteiger partial charge is 0.333 e. The molecule has 0 fully saturated rings. The zero-order valence-corrected chi connectivity index (χ0v) is 70.4. The van der Waals surface area contributed by atoms with Gasteiger partial charge in [-0.15, -0.1) is 20.4 Å². The summed E-state index contributed by atoms with van der Waals surface area (Å²) in [6.45, 7) is 28.7. The maximum atomic E-state index is 13.2. The molecule has 1 radical (unpaired) electrons. The van der Waals surface area contributed by atoms with Crippen LogP contribution in [0.15, 0.2) is 203 Å². The summed E-state index contributed by atoms with van der Waals surface area (Å²) in [4.78, 5) is 71.6. The Hall–Kier alpha value is -10.2. The van der Waals surface area contributed by atoms with Crippen molar-refractivity contribution in [2.24, 2.45) is 29.1 Å². The quantitative estimate of drug-likeness (QED) is 0.0125.